The quantitative estimate of drug-likeness (QED) is 0.641. The van der Waals surface area contributed by atoms with Crippen molar-refractivity contribution in [2.24, 2.45) is 5.73 Å². The zero-order valence-corrected chi connectivity index (χ0v) is 12.1. The van der Waals surface area contributed by atoms with Crippen molar-refractivity contribution in [1.29, 1.82) is 5.41 Å². The van der Waals surface area contributed by atoms with Gasteiger partial charge in [-0.15, -0.1) is 0 Å². The summed E-state index contributed by atoms with van der Waals surface area (Å²) in [5, 5.41) is 8.62. The Balaban J connectivity index is 3.26. The van der Waals surface area contributed by atoms with Gasteiger partial charge in [0.05, 0.1) is 10.6 Å². The van der Waals surface area contributed by atoms with E-state index in [0.717, 1.165) is 28.8 Å². The Hall–Kier alpha value is -1.10. The van der Waals surface area contributed by atoms with Crippen LogP contribution in [0.15, 0.2) is 0 Å². The fraction of sp³-hybridized carbons (Fsp3) is 0.667. The second-order valence-electron chi connectivity index (χ2n) is 5.01. The number of nitrogens with two attached hydrogens (primary N) is 1. The fourth-order valence-electron chi connectivity index (χ4n) is 1.63. The number of aromatic nitrogens is 1. The van der Waals surface area contributed by atoms with Gasteiger partial charge in [0.25, 0.3) is 0 Å². The Kier molecular flexibility index (Phi) is 4.14. The van der Waals surface area contributed by atoms with Gasteiger partial charge in [-0.2, -0.15) is 0 Å². The van der Waals surface area contributed by atoms with Crippen LogP contribution in [0.25, 0.3) is 0 Å². The largest absolute Gasteiger partial charge is 0.383 e. The van der Waals surface area contributed by atoms with Gasteiger partial charge in [-0.3, -0.25) is 5.41 Å². The highest BCUT2D eigenvalue weighted by Gasteiger charge is 2.25. The molecule has 17 heavy (non-hydrogen) atoms. The molecule has 5 heteroatoms. The topological polar surface area (TPSA) is 66.0 Å². The van der Waals surface area contributed by atoms with E-state index in [2.05, 4.69) is 44.5 Å². The van der Waals surface area contributed by atoms with E-state index < -0.39 is 0 Å². The Morgan fingerprint density at radius 2 is 1.88 bits per heavy atom. The molecule has 1 aromatic rings. The normalized spacial score (nSPS) is 11.6. The maximum atomic E-state index is 7.65. The molecule has 0 aliphatic rings. The van der Waals surface area contributed by atoms with E-state index in [9.17, 15) is 0 Å². The summed E-state index contributed by atoms with van der Waals surface area (Å²) in [7, 11) is 0. The number of hydrogen-bond acceptors (Lipinski definition) is 4. The predicted molar refractivity (Wildman–Crippen MR) is 75.4 cm³/mol. The smallest absolute Gasteiger partial charge is 0.186 e. The summed E-state index contributed by atoms with van der Waals surface area (Å²) in [6.45, 7) is 12.3. The van der Waals surface area contributed by atoms with Crippen molar-refractivity contribution < 1.29 is 0 Å². The second kappa shape index (κ2) is 5.04. The van der Waals surface area contributed by atoms with Crippen LogP contribution in [0, 0.1) is 5.41 Å². The molecule has 0 radical (unpaired) electrons. The summed E-state index contributed by atoms with van der Waals surface area (Å²) in [5.74, 6) is 0.117. The monoisotopic (exact) mass is 254 g/mol. The molecular weight excluding hydrogens is 232 g/mol. The highest BCUT2D eigenvalue weighted by Crippen LogP contribution is 2.33. The van der Waals surface area contributed by atoms with Crippen molar-refractivity contribution in [2.75, 3.05) is 18.0 Å². The Bertz CT molecular complexity index is 399. The summed E-state index contributed by atoms with van der Waals surface area (Å²) in [5.41, 5.74) is 6.49. The van der Waals surface area contributed by atoms with Crippen LogP contribution in [0.3, 0.4) is 0 Å². The molecule has 0 fully saturated rings. The third-order valence-corrected chi connectivity index (χ3v) is 3.75. The zero-order valence-electron chi connectivity index (χ0n) is 11.3. The van der Waals surface area contributed by atoms with Crippen LogP contribution in [0.4, 0.5) is 5.13 Å². The van der Waals surface area contributed by atoms with Gasteiger partial charge in [0.1, 0.15) is 5.84 Å². The van der Waals surface area contributed by atoms with Crippen LogP contribution < -0.4 is 10.6 Å². The van der Waals surface area contributed by atoms with Gasteiger partial charge >= 0.3 is 0 Å². The number of rotatable bonds is 4. The molecule has 3 N–H and O–H groups in total. The Morgan fingerprint density at radius 1 is 1.35 bits per heavy atom. The zero-order chi connectivity index (χ0) is 13.2. The van der Waals surface area contributed by atoms with Crippen LogP contribution in [0.1, 0.15) is 45.2 Å². The van der Waals surface area contributed by atoms with Crippen molar-refractivity contribution in [3.05, 3.63) is 10.6 Å². The summed E-state index contributed by atoms with van der Waals surface area (Å²) < 4.78 is 0. The summed E-state index contributed by atoms with van der Waals surface area (Å²) in [6.07, 6.45) is 0. The summed E-state index contributed by atoms with van der Waals surface area (Å²) in [6, 6.07) is 0. The first-order valence-electron chi connectivity index (χ1n) is 5.91. The number of hydrogen-bond donors (Lipinski definition) is 2. The van der Waals surface area contributed by atoms with Crippen LogP contribution >= 0.6 is 11.3 Å². The van der Waals surface area contributed by atoms with E-state index in [0.29, 0.717) is 0 Å². The number of nitrogen functional groups attached to an aromatic ring is 1. The minimum Gasteiger partial charge on any atom is -0.383 e. The van der Waals surface area contributed by atoms with Crippen molar-refractivity contribution >= 4 is 22.3 Å². The van der Waals surface area contributed by atoms with E-state index in [4.69, 9.17) is 11.1 Å². The molecule has 0 unspecified atom stereocenters. The van der Waals surface area contributed by atoms with Crippen LogP contribution in [0.5, 0.6) is 0 Å². The Labute approximate surface area is 107 Å². The standard InChI is InChI=1S/C12H22N4S/c1-6-16(7-2)11-15-9(12(3,4)5)8(17-11)10(13)14/h6-7H2,1-5H3,(H3,13,14). The summed E-state index contributed by atoms with van der Waals surface area (Å²) in [4.78, 5) is 7.66. The second-order valence-corrected chi connectivity index (χ2v) is 5.99. The lowest BCUT2D eigenvalue weighted by Crippen LogP contribution is -2.22. The molecule has 0 spiro atoms. The van der Waals surface area contributed by atoms with Gasteiger partial charge in [-0.05, 0) is 13.8 Å². The Morgan fingerprint density at radius 3 is 2.18 bits per heavy atom. The van der Waals surface area contributed by atoms with E-state index in [-0.39, 0.29) is 11.3 Å². The molecule has 0 aliphatic carbocycles. The number of anilines is 1. The van der Waals surface area contributed by atoms with Gasteiger partial charge in [-0.1, -0.05) is 32.1 Å². The first kappa shape index (κ1) is 14.0. The molecular formula is C12H22N4S. The molecule has 4 nitrogen and oxygen atoms in total. The fourth-order valence-corrected chi connectivity index (χ4v) is 2.89. The first-order valence-corrected chi connectivity index (χ1v) is 6.73. The molecule has 1 rings (SSSR count). The van der Waals surface area contributed by atoms with Crippen molar-refractivity contribution in [3.63, 3.8) is 0 Å². The average molecular weight is 254 g/mol. The third-order valence-electron chi connectivity index (χ3n) is 2.60. The van der Waals surface area contributed by atoms with E-state index in [1.165, 1.54) is 11.3 Å². The molecule has 0 amide bonds. The maximum Gasteiger partial charge on any atom is 0.186 e. The highest BCUT2D eigenvalue weighted by molar-refractivity contribution is 7.17. The minimum atomic E-state index is -0.0805. The average Bonchev–Trinajstić information content (AvgIpc) is 2.64. The molecule has 0 aromatic carbocycles. The number of nitrogens with zero attached hydrogens (tertiary/aromatic N) is 2. The molecule has 1 heterocycles. The van der Waals surface area contributed by atoms with Crippen LogP contribution in [0.2, 0.25) is 0 Å². The van der Waals surface area contributed by atoms with Crippen molar-refractivity contribution in [1.82, 2.24) is 4.98 Å². The van der Waals surface area contributed by atoms with E-state index in [1.807, 2.05) is 0 Å². The lowest BCUT2D eigenvalue weighted by molar-refractivity contribution is 0.571. The highest BCUT2D eigenvalue weighted by atomic mass is 32.1. The van der Waals surface area contributed by atoms with Crippen molar-refractivity contribution in [2.45, 2.75) is 40.0 Å². The number of thiazole rings is 1. The van der Waals surface area contributed by atoms with Crippen LogP contribution in [-0.4, -0.2) is 23.9 Å². The van der Waals surface area contributed by atoms with E-state index in [1.54, 1.807) is 0 Å². The predicted octanol–water partition coefficient (Wildman–Crippen LogP) is 2.57. The van der Waals surface area contributed by atoms with Gasteiger partial charge < -0.3 is 10.6 Å². The van der Waals surface area contributed by atoms with Gasteiger partial charge in [0.15, 0.2) is 5.13 Å². The molecule has 96 valence electrons. The van der Waals surface area contributed by atoms with Crippen LogP contribution in [-0.2, 0) is 5.41 Å². The molecule has 0 saturated heterocycles. The van der Waals surface area contributed by atoms with E-state index >= 15 is 0 Å². The molecule has 0 atom stereocenters. The molecule has 0 bridgehead atoms. The van der Waals surface area contributed by atoms with Gasteiger partial charge in [-0.25, -0.2) is 4.98 Å². The number of nitrogens with one attached hydrogen (secondary N) is 1. The first-order chi connectivity index (χ1) is 7.81. The lowest BCUT2D eigenvalue weighted by atomic mass is 9.91. The van der Waals surface area contributed by atoms with Gasteiger partial charge in [0.2, 0.25) is 0 Å². The maximum absolute atomic E-state index is 7.65. The van der Waals surface area contributed by atoms with Crippen molar-refractivity contribution in [3.8, 4) is 0 Å². The molecule has 0 saturated carbocycles. The minimum absolute atomic E-state index is 0.0805. The SMILES string of the molecule is CCN(CC)c1nc(C(C)(C)C)c(C(=N)N)s1. The summed E-state index contributed by atoms with van der Waals surface area (Å²) >= 11 is 1.52. The third kappa shape index (κ3) is 2.97. The van der Waals surface area contributed by atoms with Gasteiger partial charge in [0, 0.05) is 18.5 Å². The molecule has 0 aliphatic heterocycles. The molecule has 1 aromatic heterocycles. The number of amidine groups is 1. The lowest BCUT2D eigenvalue weighted by Gasteiger charge is -2.18.